The number of hydrogen-bond acceptors (Lipinski definition) is 5. The highest BCUT2D eigenvalue weighted by Crippen LogP contribution is 2.20. The standard InChI is InChI=1S/C11H20N2OS2/c1-8(10-5-12-9(2)16-10)13-6-11(3,14)7-15-4/h5,8,13-14H,6-7H2,1-4H3. The summed E-state index contributed by atoms with van der Waals surface area (Å²) in [4.78, 5) is 5.45. The number of thiazole rings is 1. The van der Waals surface area contributed by atoms with E-state index in [0.29, 0.717) is 6.54 Å². The number of thioether (sulfide) groups is 1. The Labute approximate surface area is 106 Å². The minimum absolute atomic E-state index is 0.250. The number of nitrogens with one attached hydrogen (secondary N) is 1. The smallest absolute Gasteiger partial charge is 0.0897 e. The number of aliphatic hydroxyl groups is 1. The molecule has 16 heavy (non-hydrogen) atoms. The van der Waals surface area contributed by atoms with Gasteiger partial charge < -0.3 is 10.4 Å². The minimum atomic E-state index is -0.645. The number of nitrogens with zero attached hydrogens (tertiary/aromatic N) is 1. The molecule has 0 aliphatic rings. The largest absolute Gasteiger partial charge is 0.388 e. The van der Waals surface area contributed by atoms with Crippen LogP contribution in [0.4, 0.5) is 0 Å². The van der Waals surface area contributed by atoms with Crippen LogP contribution in [-0.2, 0) is 0 Å². The lowest BCUT2D eigenvalue weighted by Crippen LogP contribution is -2.40. The molecule has 1 aromatic heterocycles. The fourth-order valence-corrected chi connectivity index (χ4v) is 2.95. The summed E-state index contributed by atoms with van der Waals surface area (Å²) in [7, 11) is 0. The van der Waals surface area contributed by atoms with Crippen molar-refractivity contribution in [3.8, 4) is 0 Å². The van der Waals surface area contributed by atoms with Crippen molar-refractivity contribution >= 4 is 23.1 Å². The van der Waals surface area contributed by atoms with E-state index in [9.17, 15) is 5.11 Å². The second kappa shape index (κ2) is 6.00. The van der Waals surface area contributed by atoms with Crippen LogP contribution in [0.1, 0.15) is 29.8 Å². The predicted molar refractivity (Wildman–Crippen MR) is 72.3 cm³/mol. The van der Waals surface area contributed by atoms with Gasteiger partial charge >= 0.3 is 0 Å². The van der Waals surface area contributed by atoms with Crippen LogP contribution < -0.4 is 5.32 Å². The van der Waals surface area contributed by atoms with Crippen molar-refractivity contribution in [3.05, 3.63) is 16.1 Å². The van der Waals surface area contributed by atoms with Gasteiger partial charge in [0.25, 0.3) is 0 Å². The first kappa shape index (κ1) is 14.0. The van der Waals surface area contributed by atoms with E-state index in [4.69, 9.17) is 0 Å². The molecule has 2 atom stereocenters. The number of aromatic nitrogens is 1. The van der Waals surface area contributed by atoms with Gasteiger partial charge in [0.15, 0.2) is 0 Å². The average Bonchev–Trinajstić information content (AvgIpc) is 2.61. The van der Waals surface area contributed by atoms with Gasteiger partial charge in [0.05, 0.1) is 10.6 Å². The Balaban J connectivity index is 2.43. The Morgan fingerprint density at radius 1 is 1.69 bits per heavy atom. The van der Waals surface area contributed by atoms with Crippen molar-refractivity contribution in [2.75, 3.05) is 18.6 Å². The molecule has 0 saturated carbocycles. The van der Waals surface area contributed by atoms with E-state index in [1.54, 1.807) is 23.1 Å². The lowest BCUT2D eigenvalue weighted by atomic mass is 10.1. The molecule has 1 rings (SSSR count). The van der Waals surface area contributed by atoms with Crippen LogP contribution in [0.3, 0.4) is 0 Å². The third-order valence-corrected chi connectivity index (χ3v) is 4.32. The summed E-state index contributed by atoms with van der Waals surface area (Å²) in [6.07, 6.45) is 3.91. The third kappa shape index (κ3) is 4.41. The lowest BCUT2D eigenvalue weighted by molar-refractivity contribution is 0.0822. The molecular weight excluding hydrogens is 240 g/mol. The number of hydrogen-bond donors (Lipinski definition) is 2. The molecule has 2 unspecified atom stereocenters. The van der Waals surface area contributed by atoms with Crippen molar-refractivity contribution in [2.24, 2.45) is 0 Å². The normalized spacial score (nSPS) is 17.1. The topological polar surface area (TPSA) is 45.1 Å². The van der Waals surface area contributed by atoms with Crippen LogP contribution in [-0.4, -0.2) is 34.2 Å². The molecule has 1 aromatic rings. The van der Waals surface area contributed by atoms with Crippen molar-refractivity contribution in [2.45, 2.75) is 32.4 Å². The Kier molecular flexibility index (Phi) is 5.24. The Hall–Kier alpha value is -0.100. The molecule has 5 heteroatoms. The van der Waals surface area contributed by atoms with Gasteiger partial charge in [-0.15, -0.1) is 11.3 Å². The SMILES string of the molecule is CSCC(C)(O)CNC(C)c1cnc(C)s1. The van der Waals surface area contributed by atoms with E-state index < -0.39 is 5.60 Å². The minimum Gasteiger partial charge on any atom is -0.388 e. The highest BCUT2D eigenvalue weighted by atomic mass is 32.2. The zero-order chi connectivity index (χ0) is 12.2. The molecule has 0 saturated heterocycles. The molecule has 0 bridgehead atoms. The first-order valence-electron chi connectivity index (χ1n) is 5.31. The average molecular weight is 260 g/mol. The molecule has 0 aliphatic carbocycles. The monoisotopic (exact) mass is 260 g/mol. The summed E-state index contributed by atoms with van der Waals surface area (Å²) >= 11 is 3.36. The zero-order valence-corrected chi connectivity index (χ0v) is 11.9. The van der Waals surface area contributed by atoms with Crippen LogP contribution >= 0.6 is 23.1 Å². The summed E-state index contributed by atoms with van der Waals surface area (Å²) < 4.78 is 0. The second-order valence-corrected chi connectivity index (χ2v) is 6.45. The second-order valence-electron chi connectivity index (χ2n) is 4.31. The maximum Gasteiger partial charge on any atom is 0.0897 e. The summed E-state index contributed by atoms with van der Waals surface area (Å²) in [6.45, 7) is 6.57. The quantitative estimate of drug-likeness (QED) is 0.823. The molecule has 0 aliphatic heterocycles. The van der Waals surface area contributed by atoms with E-state index in [2.05, 4.69) is 17.2 Å². The zero-order valence-electron chi connectivity index (χ0n) is 10.3. The Morgan fingerprint density at radius 2 is 2.38 bits per heavy atom. The molecule has 0 amide bonds. The molecule has 0 aromatic carbocycles. The third-order valence-electron chi connectivity index (χ3n) is 2.31. The van der Waals surface area contributed by atoms with Crippen LogP contribution in [0.2, 0.25) is 0 Å². The van der Waals surface area contributed by atoms with E-state index >= 15 is 0 Å². The van der Waals surface area contributed by atoms with Gasteiger partial charge in [-0.2, -0.15) is 11.8 Å². The predicted octanol–water partition coefficient (Wildman–Crippen LogP) is 2.22. The van der Waals surface area contributed by atoms with Gasteiger partial charge in [-0.05, 0) is 27.0 Å². The molecule has 0 fully saturated rings. The van der Waals surface area contributed by atoms with Gasteiger partial charge in [0.1, 0.15) is 0 Å². The molecule has 0 spiro atoms. The van der Waals surface area contributed by atoms with Crippen LogP contribution in [0.25, 0.3) is 0 Å². The molecule has 1 heterocycles. The molecule has 92 valence electrons. The van der Waals surface area contributed by atoms with E-state index in [0.717, 1.165) is 10.8 Å². The summed E-state index contributed by atoms with van der Waals surface area (Å²) in [5.74, 6) is 0.744. The maximum atomic E-state index is 10.0. The van der Waals surface area contributed by atoms with Crippen LogP contribution in [0.5, 0.6) is 0 Å². The summed E-state index contributed by atoms with van der Waals surface area (Å²) in [6, 6.07) is 0.250. The first-order chi connectivity index (χ1) is 7.44. The van der Waals surface area contributed by atoms with Gasteiger partial charge in [-0.3, -0.25) is 0 Å². The maximum absolute atomic E-state index is 10.0. The highest BCUT2D eigenvalue weighted by molar-refractivity contribution is 7.98. The lowest BCUT2D eigenvalue weighted by Gasteiger charge is -2.24. The molecule has 2 N–H and O–H groups in total. The van der Waals surface area contributed by atoms with Gasteiger partial charge in [-0.25, -0.2) is 4.98 Å². The Bertz CT molecular complexity index is 326. The van der Waals surface area contributed by atoms with E-state index in [1.807, 2.05) is 26.3 Å². The van der Waals surface area contributed by atoms with Crippen molar-refractivity contribution < 1.29 is 5.11 Å². The molecule has 3 nitrogen and oxygen atoms in total. The van der Waals surface area contributed by atoms with Gasteiger partial charge in [0, 0.05) is 29.4 Å². The molecular formula is C11H20N2OS2. The number of rotatable bonds is 6. The fourth-order valence-electron chi connectivity index (χ4n) is 1.41. The summed E-state index contributed by atoms with van der Waals surface area (Å²) in [5, 5.41) is 14.4. The van der Waals surface area contributed by atoms with Crippen LogP contribution in [0.15, 0.2) is 6.20 Å². The first-order valence-corrected chi connectivity index (χ1v) is 7.52. The van der Waals surface area contributed by atoms with Crippen LogP contribution in [0, 0.1) is 6.92 Å². The van der Waals surface area contributed by atoms with E-state index in [1.165, 1.54) is 4.88 Å². The van der Waals surface area contributed by atoms with Crippen molar-refractivity contribution in [3.63, 3.8) is 0 Å². The fraction of sp³-hybridized carbons (Fsp3) is 0.727. The molecule has 0 radical (unpaired) electrons. The van der Waals surface area contributed by atoms with Crippen molar-refractivity contribution in [1.82, 2.24) is 10.3 Å². The van der Waals surface area contributed by atoms with E-state index in [-0.39, 0.29) is 6.04 Å². The van der Waals surface area contributed by atoms with Gasteiger partial charge in [0.2, 0.25) is 0 Å². The van der Waals surface area contributed by atoms with Gasteiger partial charge in [-0.1, -0.05) is 0 Å². The Morgan fingerprint density at radius 3 is 2.88 bits per heavy atom. The summed E-state index contributed by atoms with van der Waals surface area (Å²) in [5.41, 5.74) is -0.645. The highest BCUT2D eigenvalue weighted by Gasteiger charge is 2.20. The van der Waals surface area contributed by atoms with Crippen molar-refractivity contribution in [1.29, 1.82) is 0 Å². The number of aryl methyl sites for hydroxylation is 1.